The number of benzene rings is 2. The summed E-state index contributed by atoms with van der Waals surface area (Å²) in [5, 5.41) is 5.07. The summed E-state index contributed by atoms with van der Waals surface area (Å²) in [5.74, 6) is -0.621. The SMILES string of the molecule is COc1ccccc1N1CCN(CC(=O)N2CCNC(=O)[C@@H]2CC(=O)Nc2cccc(C(F)(F)F)c2)CC1. The van der Waals surface area contributed by atoms with Gasteiger partial charge >= 0.3 is 6.18 Å². The summed E-state index contributed by atoms with van der Waals surface area (Å²) in [6, 6.07) is 10.9. The number of para-hydroxylation sites is 2. The summed E-state index contributed by atoms with van der Waals surface area (Å²) in [6.45, 7) is 3.24. The number of hydrogen-bond acceptors (Lipinski definition) is 6. The number of halogens is 3. The molecule has 3 amide bonds. The first-order valence-corrected chi connectivity index (χ1v) is 12.3. The van der Waals surface area contributed by atoms with E-state index < -0.39 is 29.6 Å². The molecule has 2 aliphatic heterocycles. The third kappa shape index (κ3) is 6.55. The molecule has 0 aliphatic carbocycles. The molecule has 2 aliphatic rings. The zero-order valence-electron chi connectivity index (χ0n) is 21.0. The molecule has 0 aromatic heterocycles. The number of carbonyl (C=O) groups is 3. The smallest absolute Gasteiger partial charge is 0.416 e. The molecule has 204 valence electrons. The minimum absolute atomic E-state index is 0.0353. The summed E-state index contributed by atoms with van der Waals surface area (Å²) < 4.78 is 44.4. The molecule has 2 N–H and O–H groups in total. The first-order valence-electron chi connectivity index (χ1n) is 12.3. The average Bonchev–Trinajstić information content (AvgIpc) is 2.90. The lowest BCUT2D eigenvalue weighted by molar-refractivity contribution is -0.145. The second-order valence-electron chi connectivity index (χ2n) is 9.16. The molecule has 0 spiro atoms. The number of hydrogen-bond donors (Lipinski definition) is 2. The van der Waals surface area contributed by atoms with Crippen LogP contribution in [0.25, 0.3) is 0 Å². The Labute approximate surface area is 218 Å². The zero-order chi connectivity index (χ0) is 27.3. The predicted molar refractivity (Wildman–Crippen MR) is 135 cm³/mol. The Morgan fingerprint density at radius 3 is 2.50 bits per heavy atom. The van der Waals surface area contributed by atoms with Crippen LogP contribution >= 0.6 is 0 Å². The van der Waals surface area contributed by atoms with Crippen molar-refractivity contribution in [1.29, 1.82) is 0 Å². The van der Waals surface area contributed by atoms with Crippen molar-refractivity contribution in [2.75, 3.05) is 63.1 Å². The van der Waals surface area contributed by atoms with Crippen molar-refractivity contribution in [1.82, 2.24) is 15.1 Å². The van der Waals surface area contributed by atoms with Crippen LogP contribution in [0.3, 0.4) is 0 Å². The van der Waals surface area contributed by atoms with Gasteiger partial charge < -0.3 is 25.2 Å². The molecular weight excluding hydrogens is 503 g/mol. The molecule has 0 bridgehead atoms. The molecule has 2 aromatic rings. The van der Waals surface area contributed by atoms with Crippen LogP contribution in [0.1, 0.15) is 12.0 Å². The number of nitrogens with zero attached hydrogens (tertiary/aromatic N) is 3. The molecule has 2 fully saturated rings. The van der Waals surface area contributed by atoms with Crippen molar-refractivity contribution in [2.24, 2.45) is 0 Å². The van der Waals surface area contributed by atoms with Gasteiger partial charge in [-0.15, -0.1) is 0 Å². The lowest BCUT2D eigenvalue weighted by atomic mass is 10.1. The van der Waals surface area contributed by atoms with E-state index in [1.807, 2.05) is 29.2 Å². The minimum atomic E-state index is -4.55. The van der Waals surface area contributed by atoms with Gasteiger partial charge in [-0.2, -0.15) is 13.2 Å². The monoisotopic (exact) mass is 533 g/mol. The van der Waals surface area contributed by atoms with Crippen molar-refractivity contribution in [2.45, 2.75) is 18.6 Å². The minimum Gasteiger partial charge on any atom is -0.495 e. The summed E-state index contributed by atoms with van der Waals surface area (Å²) in [7, 11) is 1.62. The van der Waals surface area contributed by atoms with Crippen LogP contribution in [0, 0.1) is 0 Å². The third-order valence-electron chi connectivity index (χ3n) is 6.66. The van der Waals surface area contributed by atoms with Crippen molar-refractivity contribution >= 4 is 29.1 Å². The summed E-state index contributed by atoms with van der Waals surface area (Å²) in [4.78, 5) is 44.0. The second-order valence-corrected chi connectivity index (χ2v) is 9.16. The van der Waals surface area contributed by atoms with Crippen molar-refractivity contribution in [3.05, 3.63) is 54.1 Å². The zero-order valence-corrected chi connectivity index (χ0v) is 21.0. The topological polar surface area (TPSA) is 94.2 Å². The highest BCUT2D eigenvalue weighted by Gasteiger charge is 2.36. The fourth-order valence-corrected chi connectivity index (χ4v) is 4.70. The largest absolute Gasteiger partial charge is 0.495 e. The molecule has 12 heteroatoms. The lowest BCUT2D eigenvalue weighted by Gasteiger charge is -2.39. The van der Waals surface area contributed by atoms with E-state index >= 15 is 0 Å². The van der Waals surface area contributed by atoms with Crippen LogP contribution in [-0.4, -0.2) is 86.5 Å². The van der Waals surface area contributed by atoms with Gasteiger partial charge in [-0.25, -0.2) is 0 Å². The first-order chi connectivity index (χ1) is 18.2. The van der Waals surface area contributed by atoms with E-state index in [-0.39, 0.29) is 37.6 Å². The number of carbonyl (C=O) groups excluding carboxylic acids is 3. The number of nitrogens with one attached hydrogen (secondary N) is 2. The van der Waals surface area contributed by atoms with Gasteiger partial charge in [-0.05, 0) is 30.3 Å². The van der Waals surface area contributed by atoms with Gasteiger partial charge in [0.15, 0.2) is 0 Å². The summed E-state index contributed by atoms with van der Waals surface area (Å²) in [5.41, 5.74) is 0.0562. The Kier molecular flexibility index (Phi) is 8.40. The maximum absolute atomic E-state index is 13.2. The fraction of sp³-hybridized carbons (Fsp3) is 0.423. The Balaban J connectivity index is 1.34. The Morgan fingerprint density at radius 1 is 1.05 bits per heavy atom. The van der Waals surface area contributed by atoms with Gasteiger partial charge in [-0.3, -0.25) is 19.3 Å². The van der Waals surface area contributed by atoms with E-state index in [2.05, 4.69) is 15.5 Å². The number of ether oxygens (including phenoxy) is 1. The number of piperazine rings is 2. The standard InChI is InChI=1S/C26H30F3N5O4/c1-38-22-8-3-2-7-20(22)33-13-11-32(12-14-33)17-24(36)34-10-9-30-25(37)21(34)16-23(35)31-19-6-4-5-18(15-19)26(27,28)29/h2-8,15,21H,9-14,16-17H2,1H3,(H,30,37)(H,31,35)/t21-/m0/s1. The molecule has 0 unspecified atom stereocenters. The van der Waals surface area contributed by atoms with E-state index in [1.54, 1.807) is 7.11 Å². The first kappa shape index (κ1) is 27.2. The second kappa shape index (κ2) is 11.7. The molecule has 2 heterocycles. The van der Waals surface area contributed by atoms with Gasteiger partial charge in [0.2, 0.25) is 17.7 Å². The van der Waals surface area contributed by atoms with Crippen LogP contribution in [0.15, 0.2) is 48.5 Å². The number of alkyl halides is 3. The maximum atomic E-state index is 13.2. The Morgan fingerprint density at radius 2 is 1.79 bits per heavy atom. The molecule has 9 nitrogen and oxygen atoms in total. The summed E-state index contributed by atoms with van der Waals surface area (Å²) >= 11 is 0. The quantitative estimate of drug-likeness (QED) is 0.567. The van der Waals surface area contributed by atoms with Gasteiger partial charge in [0.1, 0.15) is 11.8 Å². The van der Waals surface area contributed by atoms with Crippen LogP contribution < -0.4 is 20.3 Å². The van der Waals surface area contributed by atoms with E-state index in [9.17, 15) is 27.6 Å². The lowest BCUT2D eigenvalue weighted by Crippen LogP contribution is -2.60. The number of amides is 3. The molecule has 4 rings (SSSR count). The molecule has 0 radical (unpaired) electrons. The van der Waals surface area contributed by atoms with Gasteiger partial charge in [0.25, 0.3) is 0 Å². The molecule has 1 atom stereocenters. The molecular formula is C26H30F3N5O4. The maximum Gasteiger partial charge on any atom is 0.416 e. The average molecular weight is 534 g/mol. The van der Waals surface area contributed by atoms with E-state index in [0.29, 0.717) is 26.2 Å². The van der Waals surface area contributed by atoms with Crippen LogP contribution in [-0.2, 0) is 20.6 Å². The predicted octanol–water partition coefficient (Wildman–Crippen LogP) is 2.19. The highest BCUT2D eigenvalue weighted by Crippen LogP contribution is 2.31. The Bertz CT molecular complexity index is 1170. The van der Waals surface area contributed by atoms with Gasteiger partial charge in [0.05, 0.1) is 31.3 Å². The summed E-state index contributed by atoms with van der Waals surface area (Å²) in [6.07, 6.45) is -4.92. The van der Waals surface area contributed by atoms with Crippen molar-refractivity contribution < 1.29 is 32.3 Å². The third-order valence-corrected chi connectivity index (χ3v) is 6.66. The molecule has 38 heavy (non-hydrogen) atoms. The molecule has 2 aromatic carbocycles. The number of anilines is 2. The van der Waals surface area contributed by atoms with E-state index in [0.717, 1.165) is 23.6 Å². The molecule has 0 saturated carbocycles. The van der Waals surface area contributed by atoms with Gasteiger partial charge in [0, 0.05) is 45.0 Å². The van der Waals surface area contributed by atoms with Crippen LogP contribution in [0.4, 0.5) is 24.5 Å². The van der Waals surface area contributed by atoms with Crippen molar-refractivity contribution in [3.63, 3.8) is 0 Å². The highest BCUT2D eigenvalue weighted by molar-refractivity contribution is 5.97. The van der Waals surface area contributed by atoms with Crippen LogP contribution in [0.5, 0.6) is 5.75 Å². The Hall–Kier alpha value is -3.80. The van der Waals surface area contributed by atoms with Crippen LogP contribution in [0.2, 0.25) is 0 Å². The normalized spacial score (nSPS) is 18.6. The molecule has 2 saturated heterocycles. The number of rotatable bonds is 7. The van der Waals surface area contributed by atoms with E-state index in [1.165, 1.54) is 17.0 Å². The van der Waals surface area contributed by atoms with E-state index in [4.69, 9.17) is 4.74 Å². The number of methoxy groups -OCH3 is 1. The van der Waals surface area contributed by atoms with Crippen molar-refractivity contribution in [3.8, 4) is 5.75 Å². The highest BCUT2D eigenvalue weighted by atomic mass is 19.4. The fourth-order valence-electron chi connectivity index (χ4n) is 4.70. The van der Waals surface area contributed by atoms with Gasteiger partial charge in [-0.1, -0.05) is 18.2 Å².